The van der Waals surface area contributed by atoms with Crippen LogP contribution >= 0.6 is 0 Å². The van der Waals surface area contributed by atoms with Crippen molar-refractivity contribution in [1.82, 2.24) is 4.98 Å². The highest BCUT2D eigenvalue weighted by atomic mass is 16.5. The zero-order valence-electron chi connectivity index (χ0n) is 12.9. The van der Waals surface area contributed by atoms with E-state index in [9.17, 15) is 4.79 Å². The van der Waals surface area contributed by atoms with Gasteiger partial charge < -0.3 is 9.84 Å². The van der Waals surface area contributed by atoms with Crippen molar-refractivity contribution in [2.45, 2.75) is 13.0 Å². The topological polar surface area (TPSA) is 83.2 Å². The van der Waals surface area contributed by atoms with Gasteiger partial charge in [-0.3, -0.25) is 4.98 Å². The average Bonchev–Trinajstić information content (AvgIpc) is 2.61. The molecule has 5 nitrogen and oxygen atoms in total. The number of nitriles is 1. The molecule has 24 heavy (non-hydrogen) atoms. The average molecular weight is 318 g/mol. The van der Waals surface area contributed by atoms with Gasteiger partial charge >= 0.3 is 5.97 Å². The molecule has 3 aromatic rings. The number of aliphatic carboxylic acids is 1. The Morgan fingerprint density at radius 2 is 1.96 bits per heavy atom. The Labute approximate surface area is 138 Å². The van der Waals surface area contributed by atoms with Gasteiger partial charge in [0.05, 0.1) is 11.6 Å². The molecule has 0 unspecified atom stereocenters. The molecule has 0 saturated carbocycles. The van der Waals surface area contributed by atoms with E-state index in [0.29, 0.717) is 11.3 Å². The van der Waals surface area contributed by atoms with E-state index in [1.807, 2.05) is 24.3 Å². The molecule has 0 amide bonds. The summed E-state index contributed by atoms with van der Waals surface area (Å²) in [6, 6.07) is 14.7. The molecule has 3 rings (SSSR count). The Hall–Kier alpha value is -3.39. The summed E-state index contributed by atoms with van der Waals surface area (Å²) in [7, 11) is 0. The molecule has 2 aromatic carbocycles. The molecule has 5 heteroatoms. The smallest absolute Gasteiger partial charge is 0.344 e. The SMILES string of the molecule is C[C@H](Oc1ccc2cncc(-c3ccc(C#N)cc3)c2c1)C(=O)O. The molecule has 0 aliphatic heterocycles. The van der Waals surface area contributed by atoms with Gasteiger partial charge in [0.15, 0.2) is 6.10 Å². The molecule has 0 radical (unpaired) electrons. The highest BCUT2D eigenvalue weighted by Gasteiger charge is 2.13. The first kappa shape index (κ1) is 15.5. The van der Waals surface area contributed by atoms with Crippen LogP contribution in [0.15, 0.2) is 54.9 Å². The summed E-state index contributed by atoms with van der Waals surface area (Å²) in [4.78, 5) is 15.2. The number of pyridine rings is 1. The van der Waals surface area contributed by atoms with E-state index in [1.165, 1.54) is 6.92 Å². The zero-order chi connectivity index (χ0) is 17.1. The first-order chi connectivity index (χ1) is 11.6. The molecule has 0 saturated heterocycles. The summed E-state index contributed by atoms with van der Waals surface area (Å²) in [5.74, 6) is -0.532. The van der Waals surface area contributed by atoms with Crippen LogP contribution in [0.4, 0.5) is 0 Å². The van der Waals surface area contributed by atoms with Crippen LogP contribution in [0.5, 0.6) is 5.75 Å². The van der Waals surface area contributed by atoms with Gasteiger partial charge in [-0.1, -0.05) is 12.1 Å². The Bertz CT molecular complexity index is 943. The fraction of sp³-hybridized carbons (Fsp3) is 0.105. The number of carboxylic acids is 1. The van der Waals surface area contributed by atoms with Gasteiger partial charge in [-0.25, -0.2) is 4.79 Å². The van der Waals surface area contributed by atoms with Crippen molar-refractivity contribution < 1.29 is 14.6 Å². The summed E-state index contributed by atoms with van der Waals surface area (Å²) >= 11 is 0. The van der Waals surface area contributed by atoms with E-state index in [-0.39, 0.29) is 0 Å². The Kier molecular flexibility index (Phi) is 4.13. The quantitative estimate of drug-likeness (QED) is 0.794. The van der Waals surface area contributed by atoms with Crippen LogP contribution in [0.1, 0.15) is 12.5 Å². The number of carbonyl (C=O) groups is 1. The van der Waals surface area contributed by atoms with Crippen LogP contribution in [0.3, 0.4) is 0 Å². The van der Waals surface area contributed by atoms with E-state index < -0.39 is 12.1 Å². The summed E-state index contributed by atoms with van der Waals surface area (Å²) in [6.07, 6.45) is 2.56. The van der Waals surface area contributed by atoms with E-state index in [2.05, 4.69) is 11.1 Å². The number of rotatable bonds is 4. The van der Waals surface area contributed by atoms with Gasteiger partial charge in [0.1, 0.15) is 5.75 Å². The highest BCUT2D eigenvalue weighted by Crippen LogP contribution is 2.30. The molecule has 0 bridgehead atoms. The molecule has 1 atom stereocenters. The first-order valence-corrected chi connectivity index (χ1v) is 7.36. The maximum Gasteiger partial charge on any atom is 0.344 e. The van der Waals surface area contributed by atoms with Crippen LogP contribution in [0, 0.1) is 11.3 Å². The molecule has 1 N–H and O–H groups in total. The van der Waals surface area contributed by atoms with Crippen molar-refractivity contribution in [2.75, 3.05) is 0 Å². The molecule has 1 heterocycles. The number of carboxylic acid groups (broad SMARTS) is 1. The standard InChI is InChI=1S/C19H14N2O3/c1-12(19(22)23)24-16-7-6-15-10-21-11-18(17(15)8-16)14-4-2-13(9-20)3-5-14/h2-8,10-12H,1H3,(H,22,23)/t12-/m0/s1. The van der Waals surface area contributed by atoms with Crippen molar-refractivity contribution in [3.8, 4) is 22.9 Å². The number of aromatic nitrogens is 1. The number of ether oxygens (including phenoxy) is 1. The molecule has 1 aromatic heterocycles. The Morgan fingerprint density at radius 1 is 1.21 bits per heavy atom. The monoisotopic (exact) mass is 318 g/mol. The van der Waals surface area contributed by atoms with E-state index in [4.69, 9.17) is 15.1 Å². The largest absolute Gasteiger partial charge is 0.479 e. The van der Waals surface area contributed by atoms with Gasteiger partial charge in [0.25, 0.3) is 0 Å². The third kappa shape index (κ3) is 3.03. The number of hydrogen-bond donors (Lipinski definition) is 1. The fourth-order valence-corrected chi connectivity index (χ4v) is 2.43. The van der Waals surface area contributed by atoms with Gasteiger partial charge in [0.2, 0.25) is 0 Å². The van der Waals surface area contributed by atoms with Crippen molar-refractivity contribution >= 4 is 16.7 Å². The maximum atomic E-state index is 11.0. The zero-order valence-corrected chi connectivity index (χ0v) is 12.9. The molecular formula is C19H14N2O3. The van der Waals surface area contributed by atoms with Crippen LogP contribution in [0.25, 0.3) is 21.9 Å². The number of benzene rings is 2. The third-order valence-corrected chi connectivity index (χ3v) is 3.72. The van der Waals surface area contributed by atoms with Gasteiger partial charge in [0, 0.05) is 23.3 Å². The second-order valence-corrected chi connectivity index (χ2v) is 5.36. The minimum atomic E-state index is -1.02. The normalized spacial score (nSPS) is 11.7. The molecule has 0 fully saturated rings. The van der Waals surface area contributed by atoms with Gasteiger partial charge in [-0.2, -0.15) is 5.26 Å². The fourth-order valence-electron chi connectivity index (χ4n) is 2.43. The van der Waals surface area contributed by atoms with E-state index in [0.717, 1.165) is 21.9 Å². The predicted octanol–water partition coefficient (Wildman–Crippen LogP) is 3.63. The van der Waals surface area contributed by atoms with Crippen LogP contribution in [0.2, 0.25) is 0 Å². The number of hydrogen-bond acceptors (Lipinski definition) is 4. The van der Waals surface area contributed by atoms with Crippen molar-refractivity contribution in [3.05, 3.63) is 60.4 Å². The molecular weight excluding hydrogens is 304 g/mol. The molecule has 0 aliphatic rings. The van der Waals surface area contributed by atoms with E-state index >= 15 is 0 Å². The number of fused-ring (bicyclic) bond motifs is 1. The number of nitrogens with zero attached hydrogens (tertiary/aromatic N) is 2. The van der Waals surface area contributed by atoms with Crippen LogP contribution < -0.4 is 4.74 Å². The minimum absolute atomic E-state index is 0.485. The lowest BCUT2D eigenvalue weighted by Gasteiger charge is -2.12. The van der Waals surface area contributed by atoms with Crippen LogP contribution in [-0.2, 0) is 4.79 Å². The summed E-state index contributed by atoms with van der Waals surface area (Å²) in [5, 5.41) is 19.7. The lowest BCUT2D eigenvalue weighted by atomic mass is 10.00. The molecule has 0 spiro atoms. The van der Waals surface area contributed by atoms with Gasteiger partial charge in [-0.05, 0) is 48.2 Å². The van der Waals surface area contributed by atoms with Crippen molar-refractivity contribution in [2.24, 2.45) is 0 Å². The Morgan fingerprint density at radius 3 is 2.62 bits per heavy atom. The van der Waals surface area contributed by atoms with E-state index in [1.54, 1.807) is 30.6 Å². The van der Waals surface area contributed by atoms with Crippen molar-refractivity contribution in [1.29, 1.82) is 5.26 Å². The summed E-state index contributed by atoms with van der Waals surface area (Å²) in [5.41, 5.74) is 2.41. The second-order valence-electron chi connectivity index (χ2n) is 5.36. The third-order valence-electron chi connectivity index (χ3n) is 3.72. The highest BCUT2D eigenvalue weighted by molar-refractivity contribution is 5.96. The summed E-state index contributed by atoms with van der Waals surface area (Å²) in [6.45, 7) is 1.49. The van der Waals surface area contributed by atoms with Crippen LogP contribution in [-0.4, -0.2) is 22.2 Å². The molecule has 118 valence electrons. The summed E-state index contributed by atoms with van der Waals surface area (Å²) < 4.78 is 5.45. The Balaban J connectivity index is 2.07. The molecule has 0 aliphatic carbocycles. The lowest BCUT2D eigenvalue weighted by Crippen LogP contribution is -2.22. The maximum absolute atomic E-state index is 11.0. The second kappa shape index (κ2) is 6.39. The first-order valence-electron chi connectivity index (χ1n) is 7.36. The van der Waals surface area contributed by atoms with Gasteiger partial charge in [-0.15, -0.1) is 0 Å². The lowest BCUT2D eigenvalue weighted by molar-refractivity contribution is -0.144. The van der Waals surface area contributed by atoms with Crippen molar-refractivity contribution in [3.63, 3.8) is 0 Å². The predicted molar refractivity (Wildman–Crippen MR) is 89.6 cm³/mol. The minimum Gasteiger partial charge on any atom is -0.479 e.